The molecule has 3 aromatic carbocycles. The van der Waals surface area contributed by atoms with E-state index in [-0.39, 0.29) is 0 Å². The summed E-state index contributed by atoms with van der Waals surface area (Å²) in [6, 6.07) is 21.7. The van der Waals surface area contributed by atoms with Gasteiger partial charge in [-0.15, -0.1) is 0 Å². The molecule has 0 bridgehead atoms. The Morgan fingerprint density at radius 3 is 2.20 bits per heavy atom. The number of esters is 2. The number of benzene rings is 3. The minimum atomic E-state index is -1.27. The fourth-order valence-electron chi connectivity index (χ4n) is 4.40. The first-order valence-electron chi connectivity index (χ1n) is 9.94. The lowest BCUT2D eigenvalue weighted by atomic mass is 9.78. The van der Waals surface area contributed by atoms with Gasteiger partial charge in [-0.05, 0) is 28.0 Å². The third-order valence-electron chi connectivity index (χ3n) is 5.65. The predicted molar refractivity (Wildman–Crippen MR) is 114 cm³/mol. The van der Waals surface area contributed by atoms with Crippen molar-refractivity contribution in [3.05, 3.63) is 84.1 Å². The van der Waals surface area contributed by atoms with Crippen molar-refractivity contribution in [1.82, 2.24) is 4.98 Å². The smallest absolute Gasteiger partial charge is 0.324 e. The fourth-order valence-corrected chi connectivity index (χ4v) is 4.40. The van der Waals surface area contributed by atoms with Gasteiger partial charge in [0.15, 0.2) is 5.92 Å². The molecule has 1 atom stereocenters. The minimum Gasteiger partial charge on any atom is -0.422 e. The molecule has 0 saturated carbocycles. The second kappa shape index (κ2) is 6.73. The van der Waals surface area contributed by atoms with Crippen molar-refractivity contribution in [3.63, 3.8) is 0 Å². The van der Waals surface area contributed by atoms with Crippen molar-refractivity contribution in [1.29, 1.82) is 0 Å². The van der Waals surface area contributed by atoms with Crippen LogP contribution in [0.1, 0.15) is 30.9 Å². The summed E-state index contributed by atoms with van der Waals surface area (Å²) < 4.78 is 11.0. The van der Waals surface area contributed by atoms with Crippen LogP contribution in [-0.2, 0) is 19.1 Å². The molecular formula is C25H21NO4. The molecule has 150 valence electrons. The number of aromatic nitrogens is 1. The van der Waals surface area contributed by atoms with Gasteiger partial charge >= 0.3 is 11.9 Å². The van der Waals surface area contributed by atoms with Crippen LogP contribution >= 0.6 is 0 Å². The lowest BCUT2D eigenvalue weighted by molar-refractivity contribution is -0.240. The highest BCUT2D eigenvalue weighted by atomic mass is 16.7. The molecule has 5 nitrogen and oxygen atoms in total. The molecule has 4 aromatic rings. The van der Waals surface area contributed by atoms with Crippen LogP contribution in [0.3, 0.4) is 0 Å². The number of carbonyl (C=O) groups excluding carboxylic acids is 2. The van der Waals surface area contributed by atoms with Crippen molar-refractivity contribution in [3.8, 4) is 0 Å². The summed E-state index contributed by atoms with van der Waals surface area (Å²) in [6.07, 6.45) is 1.87. The summed E-state index contributed by atoms with van der Waals surface area (Å²) in [5, 5.41) is 2.99. The van der Waals surface area contributed by atoms with Crippen molar-refractivity contribution in [2.24, 2.45) is 5.92 Å². The Bertz CT molecular complexity index is 1260. The standard InChI is InChI=1S/C25H21NO4/c1-25(2)29-23(27)22(24(28)30-25)21(19-14-26-20-13-6-5-11-17(19)20)18-12-7-9-15-8-3-4-10-16(15)18/h3-14,21-22,26H,1-2H3/t21-/m1/s1. The van der Waals surface area contributed by atoms with Gasteiger partial charge in [0.1, 0.15) is 0 Å². The van der Waals surface area contributed by atoms with Gasteiger partial charge in [0.2, 0.25) is 0 Å². The number of carbonyl (C=O) groups is 2. The van der Waals surface area contributed by atoms with Gasteiger partial charge in [0.25, 0.3) is 5.79 Å². The maximum Gasteiger partial charge on any atom is 0.324 e. The Kier molecular flexibility index (Phi) is 4.13. The first-order chi connectivity index (χ1) is 14.4. The zero-order valence-electron chi connectivity index (χ0n) is 16.7. The quantitative estimate of drug-likeness (QED) is 0.393. The monoisotopic (exact) mass is 399 g/mol. The molecule has 1 N–H and O–H groups in total. The van der Waals surface area contributed by atoms with Crippen molar-refractivity contribution < 1.29 is 19.1 Å². The largest absolute Gasteiger partial charge is 0.422 e. The van der Waals surface area contributed by atoms with Crippen molar-refractivity contribution >= 4 is 33.6 Å². The average molecular weight is 399 g/mol. The van der Waals surface area contributed by atoms with Gasteiger partial charge < -0.3 is 14.5 Å². The SMILES string of the molecule is CC1(C)OC(=O)C([C@H](c2cccc3ccccc23)c2c[nH]c3ccccc23)C(=O)O1. The number of fused-ring (bicyclic) bond motifs is 2. The van der Waals surface area contributed by atoms with Gasteiger partial charge in [-0.1, -0.05) is 60.7 Å². The molecule has 2 heterocycles. The normalized spacial score (nSPS) is 17.7. The fraction of sp³-hybridized carbons (Fsp3) is 0.200. The molecule has 1 saturated heterocycles. The van der Waals surface area contributed by atoms with E-state index in [1.54, 1.807) is 13.8 Å². The highest BCUT2D eigenvalue weighted by Crippen LogP contribution is 2.42. The zero-order valence-corrected chi connectivity index (χ0v) is 16.7. The molecule has 5 heteroatoms. The van der Waals surface area contributed by atoms with Crippen LogP contribution in [0.4, 0.5) is 0 Å². The molecule has 5 rings (SSSR count). The topological polar surface area (TPSA) is 68.4 Å². The summed E-state index contributed by atoms with van der Waals surface area (Å²) in [5.41, 5.74) is 2.69. The van der Waals surface area contributed by atoms with E-state index in [9.17, 15) is 9.59 Å². The summed E-state index contributed by atoms with van der Waals surface area (Å²) in [5.74, 6) is -4.06. The molecule has 0 amide bonds. The van der Waals surface area contributed by atoms with E-state index in [1.807, 2.05) is 72.9 Å². The van der Waals surface area contributed by atoms with Crippen LogP contribution in [0.15, 0.2) is 72.9 Å². The van der Waals surface area contributed by atoms with Crippen LogP contribution in [0.2, 0.25) is 0 Å². The summed E-state index contributed by atoms with van der Waals surface area (Å²) in [7, 11) is 0. The van der Waals surface area contributed by atoms with Crippen molar-refractivity contribution in [2.75, 3.05) is 0 Å². The molecule has 0 aliphatic carbocycles. The molecular weight excluding hydrogens is 378 g/mol. The van der Waals surface area contributed by atoms with E-state index in [4.69, 9.17) is 9.47 Å². The molecule has 0 radical (unpaired) electrons. The third-order valence-corrected chi connectivity index (χ3v) is 5.65. The summed E-state index contributed by atoms with van der Waals surface area (Å²) in [4.78, 5) is 29.4. The molecule has 1 aromatic heterocycles. The number of rotatable bonds is 3. The summed E-state index contributed by atoms with van der Waals surface area (Å²) in [6.45, 7) is 3.13. The number of para-hydroxylation sites is 1. The molecule has 30 heavy (non-hydrogen) atoms. The van der Waals surface area contributed by atoms with Crippen LogP contribution in [-0.4, -0.2) is 22.7 Å². The van der Waals surface area contributed by atoms with Gasteiger partial charge in [-0.3, -0.25) is 9.59 Å². The molecule has 0 unspecified atom stereocenters. The first kappa shape index (κ1) is 18.4. The molecule has 1 aliphatic heterocycles. The zero-order chi connectivity index (χ0) is 20.9. The molecule has 1 fully saturated rings. The number of hydrogen-bond acceptors (Lipinski definition) is 4. The number of H-pyrrole nitrogens is 1. The van der Waals surface area contributed by atoms with E-state index in [2.05, 4.69) is 4.98 Å². The van der Waals surface area contributed by atoms with E-state index in [0.717, 1.165) is 32.8 Å². The summed E-state index contributed by atoms with van der Waals surface area (Å²) >= 11 is 0. The number of nitrogens with one attached hydrogen (secondary N) is 1. The van der Waals surface area contributed by atoms with Crippen LogP contribution in [0, 0.1) is 5.92 Å². The lowest BCUT2D eigenvalue weighted by Gasteiger charge is -2.36. The van der Waals surface area contributed by atoms with Crippen LogP contribution in [0.5, 0.6) is 0 Å². The average Bonchev–Trinajstić information content (AvgIpc) is 3.13. The van der Waals surface area contributed by atoms with Gasteiger partial charge in [0, 0.05) is 36.9 Å². The van der Waals surface area contributed by atoms with Gasteiger partial charge in [-0.25, -0.2) is 0 Å². The minimum absolute atomic E-state index is 0.552. The van der Waals surface area contributed by atoms with Gasteiger partial charge in [0.05, 0.1) is 0 Å². The van der Waals surface area contributed by atoms with E-state index < -0.39 is 29.6 Å². The number of cyclic esters (lactones) is 2. The van der Waals surface area contributed by atoms with Crippen molar-refractivity contribution in [2.45, 2.75) is 25.6 Å². The number of ether oxygens (including phenoxy) is 2. The third kappa shape index (κ3) is 2.94. The Balaban J connectivity index is 1.77. The number of hydrogen-bond donors (Lipinski definition) is 1. The Morgan fingerprint density at radius 2 is 1.43 bits per heavy atom. The molecule has 0 spiro atoms. The number of aromatic amines is 1. The molecule has 1 aliphatic rings. The predicted octanol–water partition coefficient (Wildman–Crippen LogP) is 4.91. The van der Waals surface area contributed by atoms with E-state index in [1.165, 1.54) is 0 Å². The van der Waals surface area contributed by atoms with Gasteiger partial charge in [-0.2, -0.15) is 0 Å². The Labute approximate surface area is 173 Å². The van der Waals surface area contributed by atoms with E-state index in [0.29, 0.717) is 0 Å². The Hall–Kier alpha value is -3.60. The first-order valence-corrected chi connectivity index (χ1v) is 9.94. The highest BCUT2D eigenvalue weighted by molar-refractivity contribution is 6.01. The van der Waals surface area contributed by atoms with Crippen LogP contribution in [0.25, 0.3) is 21.7 Å². The second-order valence-electron chi connectivity index (χ2n) is 8.06. The second-order valence-corrected chi connectivity index (χ2v) is 8.06. The van der Waals surface area contributed by atoms with E-state index >= 15 is 0 Å². The highest BCUT2D eigenvalue weighted by Gasteiger charge is 2.48. The maximum atomic E-state index is 13.1. The Morgan fingerprint density at radius 1 is 0.800 bits per heavy atom. The lowest BCUT2D eigenvalue weighted by Crippen LogP contribution is -2.48. The maximum absolute atomic E-state index is 13.1. The van der Waals surface area contributed by atoms with Crippen LogP contribution < -0.4 is 0 Å².